The Morgan fingerprint density at radius 3 is 2.73 bits per heavy atom. The first-order valence-corrected chi connectivity index (χ1v) is 5.30. The Balaban J connectivity index is 3.31. The van der Waals surface area contributed by atoms with Gasteiger partial charge in [0.1, 0.15) is 0 Å². The van der Waals surface area contributed by atoms with Gasteiger partial charge in [-0.3, -0.25) is 0 Å². The second kappa shape index (κ2) is 5.21. The smallest absolute Gasteiger partial charge is 0.335 e. The third-order valence-corrected chi connectivity index (χ3v) is 2.89. The zero-order chi connectivity index (χ0) is 11.4. The first kappa shape index (κ1) is 12.1. The maximum Gasteiger partial charge on any atom is 0.335 e. The number of rotatable bonds is 4. The Bertz CT molecular complexity index is 404. The minimum absolute atomic E-state index is 0.0987. The van der Waals surface area contributed by atoms with Crippen LogP contribution in [0.4, 0.5) is 0 Å². The van der Waals surface area contributed by atoms with E-state index in [1.807, 2.05) is 0 Å². The van der Waals surface area contributed by atoms with Crippen LogP contribution >= 0.6 is 23.4 Å². The molecule has 5 heteroatoms. The van der Waals surface area contributed by atoms with Gasteiger partial charge in [0, 0.05) is 15.5 Å². The maximum absolute atomic E-state index is 10.8. The van der Waals surface area contributed by atoms with Crippen LogP contribution in [0.5, 0.6) is 0 Å². The van der Waals surface area contributed by atoms with Gasteiger partial charge in [0.25, 0.3) is 0 Å². The maximum atomic E-state index is 10.8. The molecule has 3 nitrogen and oxygen atoms in total. The summed E-state index contributed by atoms with van der Waals surface area (Å²) < 4.78 is 0. The van der Waals surface area contributed by atoms with Crippen LogP contribution in [0, 0.1) is 0 Å². The summed E-state index contributed by atoms with van der Waals surface area (Å²) >= 11 is 7.07. The van der Waals surface area contributed by atoms with Crippen LogP contribution in [0.1, 0.15) is 15.9 Å². The fraction of sp³-hybridized carbons (Fsp3) is 0.100. The minimum atomic E-state index is -1.05. The Morgan fingerprint density at radius 1 is 1.60 bits per heavy atom. The molecule has 0 aliphatic rings. The summed E-state index contributed by atoms with van der Waals surface area (Å²) in [5.41, 5.74) is 0.619. The van der Waals surface area contributed by atoms with Crippen LogP contribution in [0.3, 0.4) is 0 Å². The fourth-order valence-electron chi connectivity index (χ4n) is 1.08. The molecule has 0 aliphatic heterocycles. The molecule has 0 unspecified atom stereocenters. The van der Waals surface area contributed by atoms with E-state index >= 15 is 0 Å². The van der Waals surface area contributed by atoms with E-state index in [2.05, 4.69) is 6.58 Å². The third kappa shape index (κ3) is 2.75. The number of carboxylic acid groups (broad SMARTS) is 1. The molecule has 0 bridgehead atoms. The summed E-state index contributed by atoms with van der Waals surface area (Å²) in [5.74, 6) is -1.05. The lowest BCUT2D eigenvalue weighted by molar-refractivity contribution is 0.0696. The van der Waals surface area contributed by atoms with Crippen molar-refractivity contribution in [3.8, 4) is 0 Å². The molecule has 0 spiro atoms. The van der Waals surface area contributed by atoms with E-state index < -0.39 is 5.97 Å². The van der Waals surface area contributed by atoms with Gasteiger partial charge in [0.05, 0.1) is 12.2 Å². The van der Waals surface area contributed by atoms with E-state index in [1.54, 1.807) is 5.41 Å². The van der Waals surface area contributed by atoms with Crippen molar-refractivity contribution < 1.29 is 15.0 Å². The van der Waals surface area contributed by atoms with Gasteiger partial charge in [0.15, 0.2) is 0 Å². The third-order valence-electron chi connectivity index (χ3n) is 1.77. The molecule has 80 valence electrons. The van der Waals surface area contributed by atoms with Crippen molar-refractivity contribution in [3.63, 3.8) is 0 Å². The van der Waals surface area contributed by atoms with Gasteiger partial charge < -0.3 is 10.2 Å². The second-order valence-electron chi connectivity index (χ2n) is 2.68. The highest BCUT2D eigenvalue weighted by atomic mass is 35.5. The van der Waals surface area contributed by atoms with E-state index in [4.69, 9.17) is 21.8 Å². The standard InChI is InChI=1S/C10H9ClO3S/c1-2-15-9-4-6(10(13)14)3-8(11)7(9)5-12/h2-4,12H,1,5H2,(H,13,14). The molecular formula is C10H9ClO3S. The predicted octanol–water partition coefficient (Wildman–Crippen LogP) is 2.77. The van der Waals surface area contributed by atoms with Gasteiger partial charge in [-0.1, -0.05) is 29.9 Å². The summed E-state index contributed by atoms with van der Waals surface area (Å²) in [6.07, 6.45) is 0. The van der Waals surface area contributed by atoms with Gasteiger partial charge in [-0.25, -0.2) is 4.79 Å². The number of carboxylic acids is 1. The number of aromatic carboxylic acids is 1. The number of carbonyl (C=O) groups is 1. The lowest BCUT2D eigenvalue weighted by Gasteiger charge is -2.08. The van der Waals surface area contributed by atoms with Gasteiger partial charge in [-0.05, 0) is 17.5 Å². The van der Waals surface area contributed by atoms with Crippen molar-refractivity contribution in [3.05, 3.63) is 40.3 Å². The number of hydrogen-bond acceptors (Lipinski definition) is 3. The number of benzene rings is 1. The zero-order valence-electron chi connectivity index (χ0n) is 7.74. The quantitative estimate of drug-likeness (QED) is 0.800. The molecule has 2 N–H and O–H groups in total. The average Bonchev–Trinajstić information content (AvgIpc) is 2.17. The number of aliphatic hydroxyl groups excluding tert-OH is 1. The van der Waals surface area contributed by atoms with E-state index in [1.165, 1.54) is 23.9 Å². The summed E-state index contributed by atoms with van der Waals surface area (Å²) in [6, 6.07) is 2.79. The average molecular weight is 245 g/mol. The van der Waals surface area contributed by atoms with Crippen LogP contribution in [0.2, 0.25) is 5.02 Å². The van der Waals surface area contributed by atoms with Crippen LogP contribution in [-0.4, -0.2) is 16.2 Å². The molecule has 0 aromatic heterocycles. The topological polar surface area (TPSA) is 57.5 Å². The molecule has 0 amide bonds. The lowest BCUT2D eigenvalue weighted by atomic mass is 10.1. The van der Waals surface area contributed by atoms with Crippen molar-refractivity contribution in [1.82, 2.24) is 0 Å². The lowest BCUT2D eigenvalue weighted by Crippen LogP contribution is -1.99. The molecule has 1 aromatic rings. The summed E-state index contributed by atoms with van der Waals surface area (Å²) in [5, 5.41) is 19.7. The highest BCUT2D eigenvalue weighted by molar-refractivity contribution is 8.02. The normalized spacial score (nSPS) is 10.0. The van der Waals surface area contributed by atoms with Crippen molar-refractivity contribution >= 4 is 29.3 Å². The first-order chi connectivity index (χ1) is 7.10. The number of halogens is 1. The Kier molecular flexibility index (Phi) is 4.20. The Labute approximate surface area is 96.4 Å². The van der Waals surface area contributed by atoms with Gasteiger partial charge >= 0.3 is 5.97 Å². The van der Waals surface area contributed by atoms with E-state index in [9.17, 15) is 4.79 Å². The van der Waals surface area contributed by atoms with Gasteiger partial charge in [-0.2, -0.15) is 0 Å². The molecule has 0 saturated heterocycles. The molecule has 0 atom stereocenters. The summed E-state index contributed by atoms with van der Waals surface area (Å²) in [6.45, 7) is 3.30. The number of aliphatic hydroxyl groups is 1. The van der Waals surface area contributed by atoms with Crippen molar-refractivity contribution in [1.29, 1.82) is 0 Å². The molecule has 0 heterocycles. The van der Waals surface area contributed by atoms with E-state index in [0.29, 0.717) is 10.5 Å². The molecule has 1 aromatic carbocycles. The molecular weight excluding hydrogens is 236 g/mol. The van der Waals surface area contributed by atoms with Crippen LogP contribution < -0.4 is 0 Å². The molecule has 1 rings (SSSR count). The van der Waals surface area contributed by atoms with E-state index in [0.717, 1.165) is 0 Å². The fourth-order valence-corrected chi connectivity index (χ4v) is 2.11. The summed E-state index contributed by atoms with van der Waals surface area (Å²) in [4.78, 5) is 11.4. The zero-order valence-corrected chi connectivity index (χ0v) is 9.31. The van der Waals surface area contributed by atoms with Crippen LogP contribution in [0.25, 0.3) is 0 Å². The molecule has 0 radical (unpaired) electrons. The number of hydrogen-bond donors (Lipinski definition) is 2. The predicted molar refractivity (Wildman–Crippen MR) is 60.4 cm³/mol. The summed E-state index contributed by atoms with van der Waals surface area (Å²) in [7, 11) is 0. The van der Waals surface area contributed by atoms with Crippen molar-refractivity contribution in [2.24, 2.45) is 0 Å². The van der Waals surface area contributed by atoms with Crippen molar-refractivity contribution in [2.75, 3.05) is 0 Å². The highest BCUT2D eigenvalue weighted by Gasteiger charge is 2.12. The van der Waals surface area contributed by atoms with Gasteiger partial charge in [0.2, 0.25) is 0 Å². The molecule has 0 fully saturated rings. The molecule has 0 aliphatic carbocycles. The minimum Gasteiger partial charge on any atom is -0.478 e. The molecule has 15 heavy (non-hydrogen) atoms. The van der Waals surface area contributed by atoms with Crippen LogP contribution in [0.15, 0.2) is 29.0 Å². The monoisotopic (exact) mass is 244 g/mol. The largest absolute Gasteiger partial charge is 0.478 e. The molecule has 0 saturated carbocycles. The van der Waals surface area contributed by atoms with E-state index in [-0.39, 0.29) is 17.2 Å². The van der Waals surface area contributed by atoms with Crippen molar-refractivity contribution in [2.45, 2.75) is 11.5 Å². The SMILES string of the molecule is C=CSc1cc(C(=O)O)cc(Cl)c1CO. The first-order valence-electron chi connectivity index (χ1n) is 4.04. The second-order valence-corrected chi connectivity index (χ2v) is 4.10. The Morgan fingerprint density at radius 2 is 2.27 bits per heavy atom. The number of thioether (sulfide) groups is 1. The van der Waals surface area contributed by atoms with Crippen LogP contribution in [-0.2, 0) is 6.61 Å². The van der Waals surface area contributed by atoms with Gasteiger partial charge in [-0.15, -0.1) is 0 Å². The highest BCUT2D eigenvalue weighted by Crippen LogP contribution is 2.30. The Hall–Kier alpha value is -0.970.